The second-order valence-corrected chi connectivity index (χ2v) is 4.54. The molecule has 0 aromatic heterocycles. The Morgan fingerprint density at radius 1 is 1.00 bits per heavy atom. The molecule has 0 aliphatic rings. The quantitative estimate of drug-likeness (QED) is 0.816. The minimum atomic E-state index is -4.90. The maximum Gasteiger partial charge on any atom is 0.416 e. The summed E-state index contributed by atoms with van der Waals surface area (Å²) in [5, 5.41) is 4.97. The third-order valence-corrected chi connectivity index (χ3v) is 2.74. The zero-order chi connectivity index (χ0) is 17.0. The molecule has 0 aliphatic heterocycles. The van der Waals surface area contributed by atoms with E-state index in [0.29, 0.717) is 18.7 Å². The predicted octanol–water partition coefficient (Wildman–Crippen LogP) is 2.95. The Labute approximate surface area is 122 Å². The molecule has 0 aliphatic carbocycles. The number of alkyl halides is 6. The van der Waals surface area contributed by atoms with Crippen LogP contribution in [0.2, 0.25) is 0 Å². The van der Waals surface area contributed by atoms with Gasteiger partial charge in [0.15, 0.2) is 0 Å². The molecule has 0 saturated carbocycles. The lowest BCUT2D eigenvalue weighted by molar-refractivity contribution is -0.143. The Morgan fingerprint density at radius 3 is 1.91 bits per heavy atom. The summed E-state index contributed by atoms with van der Waals surface area (Å²) in [6.07, 6.45) is -9.72. The largest absolute Gasteiger partial charge is 0.416 e. The first kappa shape index (κ1) is 18.3. The molecule has 124 valence electrons. The van der Waals surface area contributed by atoms with E-state index >= 15 is 0 Å². The first-order valence-corrected chi connectivity index (χ1v) is 6.23. The van der Waals surface area contributed by atoms with Gasteiger partial charge in [-0.3, -0.25) is 4.79 Å². The van der Waals surface area contributed by atoms with Crippen LogP contribution >= 0.6 is 0 Å². The van der Waals surface area contributed by atoms with Crippen molar-refractivity contribution in [1.82, 2.24) is 10.6 Å². The summed E-state index contributed by atoms with van der Waals surface area (Å²) in [5.74, 6) is -0.472. The molecule has 0 spiro atoms. The van der Waals surface area contributed by atoms with E-state index in [1.807, 2.05) is 0 Å². The molecule has 0 bridgehead atoms. The summed E-state index contributed by atoms with van der Waals surface area (Å²) < 4.78 is 75.8. The van der Waals surface area contributed by atoms with Crippen LogP contribution in [-0.2, 0) is 23.7 Å². The van der Waals surface area contributed by atoms with Gasteiger partial charge >= 0.3 is 12.4 Å². The van der Waals surface area contributed by atoms with Crippen molar-refractivity contribution < 1.29 is 31.1 Å². The third kappa shape index (κ3) is 5.55. The van der Waals surface area contributed by atoms with Gasteiger partial charge in [0, 0.05) is 19.5 Å². The van der Waals surface area contributed by atoms with Crippen LogP contribution in [0.1, 0.15) is 23.1 Å². The lowest BCUT2D eigenvalue weighted by Gasteiger charge is -2.14. The van der Waals surface area contributed by atoms with Crippen LogP contribution in [0.15, 0.2) is 18.2 Å². The SMILES string of the molecule is CNCCC(=O)NCc1cc(C(F)(F)F)cc(C(F)(F)F)c1. The van der Waals surface area contributed by atoms with Crippen LogP contribution < -0.4 is 10.6 Å². The third-order valence-electron chi connectivity index (χ3n) is 2.74. The van der Waals surface area contributed by atoms with Gasteiger partial charge < -0.3 is 10.6 Å². The van der Waals surface area contributed by atoms with E-state index in [0.717, 1.165) is 0 Å². The lowest BCUT2D eigenvalue weighted by Crippen LogP contribution is -2.26. The topological polar surface area (TPSA) is 41.1 Å². The first-order chi connectivity index (χ1) is 10.0. The highest BCUT2D eigenvalue weighted by molar-refractivity contribution is 5.76. The number of benzene rings is 1. The van der Waals surface area contributed by atoms with Crippen LogP contribution in [0.25, 0.3) is 0 Å². The second-order valence-electron chi connectivity index (χ2n) is 4.54. The van der Waals surface area contributed by atoms with E-state index in [4.69, 9.17) is 0 Å². The Kier molecular flexibility index (Phi) is 5.81. The molecule has 9 heteroatoms. The van der Waals surface area contributed by atoms with Gasteiger partial charge in [-0.2, -0.15) is 26.3 Å². The fraction of sp³-hybridized carbons (Fsp3) is 0.462. The highest BCUT2D eigenvalue weighted by Gasteiger charge is 2.36. The number of nitrogens with one attached hydrogen (secondary N) is 2. The monoisotopic (exact) mass is 328 g/mol. The number of rotatable bonds is 5. The van der Waals surface area contributed by atoms with Gasteiger partial charge in [-0.1, -0.05) is 0 Å². The van der Waals surface area contributed by atoms with Gasteiger partial charge in [-0.15, -0.1) is 0 Å². The number of carbonyl (C=O) groups excluding carboxylic acids is 1. The second kappa shape index (κ2) is 6.99. The molecule has 1 rings (SSSR count). The fourth-order valence-electron chi connectivity index (χ4n) is 1.65. The van der Waals surface area contributed by atoms with Crippen LogP contribution in [0, 0.1) is 0 Å². The van der Waals surface area contributed by atoms with Crippen molar-refractivity contribution >= 4 is 5.91 Å². The average molecular weight is 328 g/mol. The number of carbonyl (C=O) groups is 1. The van der Waals surface area contributed by atoms with Crippen molar-refractivity contribution in [2.24, 2.45) is 0 Å². The molecule has 0 atom stereocenters. The maximum absolute atomic E-state index is 12.6. The predicted molar refractivity (Wildman–Crippen MR) is 66.8 cm³/mol. The van der Waals surface area contributed by atoms with Gasteiger partial charge in [-0.25, -0.2) is 0 Å². The van der Waals surface area contributed by atoms with E-state index in [2.05, 4.69) is 10.6 Å². The zero-order valence-corrected chi connectivity index (χ0v) is 11.5. The molecule has 0 saturated heterocycles. The van der Waals surface area contributed by atoms with Gasteiger partial charge in [0.2, 0.25) is 5.91 Å². The molecule has 1 aromatic carbocycles. The molecule has 0 radical (unpaired) electrons. The minimum Gasteiger partial charge on any atom is -0.352 e. The van der Waals surface area contributed by atoms with Gasteiger partial charge in [0.1, 0.15) is 0 Å². The molecule has 0 heterocycles. The molecule has 0 unspecified atom stereocenters. The standard InChI is InChI=1S/C13H14F6N2O/c1-20-3-2-11(22)21-7-8-4-9(12(14,15)16)6-10(5-8)13(17,18)19/h4-6,20H,2-3,7H2,1H3,(H,21,22). The van der Waals surface area contributed by atoms with E-state index in [1.165, 1.54) is 0 Å². The Bertz CT molecular complexity index is 492. The number of hydrogen-bond acceptors (Lipinski definition) is 2. The van der Waals surface area contributed by atoms with E-state index in [9.17, 15) is 31.1 Å². The van der Waals surface area contributed by atoms with E-state index in [-0.39, 0.29) is 18.1 Å². The summed E-state index contributed by atoms with van der Waals surface area (Å²) in [4.78, 5) is 11.3. The Morgan fingerprint density at radius 2 is 1.50 bits per heavy atom. The van der Waals surface area contributed by atoms with Crippen LogP contribution in [0.3, 0.4) is 0 Å². The van der Waals surface area contributed by atoms with Crippen molar-refractivity contribution in [3.63, 3.8) is 0 Å². The number of amides is 1. The van der Waals surface area contributed by atoms with Gasteiger partial charge in [-0.05, 0) is 30.8 Å². The van der Waals surface area contributed by atoms with Crippen molar-refractivity contribution in [3.8, 4) is 0 Å². The fourth-order valence-corrected chi connectivity index (χ4v) is 1.65. The van der Waals surface area contributed by atoms with E-state index < -0.39 is 35.9 Å². The molecular weight excluding hydrogens is 314 g/mol. The average Bonchev–Trinajstić information content (AvgIpc) is 2.40. The zero-order valence-electron chi connectivity index (χ0n) is 11.5. The first-order valence-electron chi connectivity index (χ1n) is 6.23. The molecule has 22 heavy (non-hydrogen) atoms. The minimum absolute atomic E-state index is 0.0479. The number of halogens is 6. The molecule has 0 fully saturated rings. The maximum atomic E-state index is 12.6. The normalized spacial score (nSPS) is 12.3. The summed E-state index contributed by atoms with van der Waals surface area (Å²) in [6, 6.07) is 1.23. The van der Waals surface area contributed by atoms with Crippen LogP contribution in [0.4, 0.5) is 26.3 Å². The number of hydrogen-bond donors (Lipinski definition) is 2. The summed E-state index contributed by atoms with van der Waals surface area (Å²) in [7, 11) is 1.61. The van der Waals surface area contributed by atoms with Crippen molar-refractivity contribution in [3.05, 3.63) is 34.9 Å². The summed E-state index contributed by atoms with van der Waals surface area (Å²) in [5.41, 5.74) is -3.07. The summed E-state index contributed by atoms with van der Waals surface area (Å²) >= 11 is 0. The summed E-state index contributed by atoms with van der Waals surface area (Å²) in [6.45, 7) is -0.0578. The van der Waals surface area contributed by atoms with Crippen LogP contribution in [0.5, 0.6) is 0 Å². The highest BCUT2D eigenvalue weighted by atomic mass is 19.4. The smallest absolute Gasteiger partial charge is 0.352 e. The lowest BCUT2D eigenvalue weighted by atomic mass is 10.0. The highest BCUT2D eigenvalue weighted by Crippen LogP contribution is 2.36. The molecule has 1 aromatic rings. The van der Waals surface area contributed by atoms with Crippen molar-refractivity contribution in [2.75, 3.05) is 13.6 Å². The molecular formula is C13H14F6N2O. The van der Waals surface area contributed by atoms with E-state index in [1.54, 1.807) is 7.05 Å². The van der Waals surface area contributed by atoms with Crippen molar-refractivity contribution in [1.29, 1.82) is 0 Å². The Hall–Kier alpha value is -1.77. The van der Waals surface area contributed by atoms with Gasteiger partial charge in [0.25, 0.3) is 0 Å². The van der Waals surface area contributed by atoms with Crippen LogP contribution in [-0.4, -0.2) is 19.5 Å². The Balaban J connectivity index is 2.96. The van der Waals surface area contributed by atoms with Gasteiger partial charge in [0.05, 0.1) is 11.1 Å². The van der Waals surface area contributed by atoms with Crippen molar-refractivity contribution in [2.45, 2.75) is 25.3 Å². The molecule has 2 N–H and O–H groups in total. The molecule has 1 amide bonds. The molecule has 3 nitrogen and oxygen atoms in total.